The van der Waals surface area contributed by atoms with E-state index in [2.05, 4.69) is 15.5 Å². The summed E-state index contributed by atoms with van der Waals surface area (Å²) in [5.74, 6) is -0.939. The lowest BCUT2D eigenvalue weighted by Gasteiger charge is -2.10. The topological polar surface area (TPSA) is 104 Å². The van der Waals surface area contributed by atoms with Gasteiger partial charge in [-0.05, 0) is 12.8 Å². The Kier molecular flexibility index (Phi) is 3.38. The van der Waals surface area contributed by atoms with Crippen LogP contribution in [0.2, 0.25) is 0 Å². The molecule has 0 saturated carbocycles. The van der Waals surface area contributed by atoms with E-state index in [1.807, 2.05) is 0 Å². The van der Waals surface area contributed by atoms with E-state index >= 15 is 0 Å². The van der Waals surface area contributed by atoms with Crippen molar-refractivity contribution < 1.29 is 14.6 Å². The summed E-state index contributed by atoms with van der Waals surface area (Å²) in [4.78, 5) is 21.9. The highest BCUT2D eigenvalue weighted by Crippen LogP contribution is 2.12. The summed E-state index contributed by atoms with van der Waals surface area (Å²) in [7, 11) is 0. The monoisotopic (exact) mass is 239 g/mol. The Hall–Kier alpha value is -1.89. The summed E-state index contributed by atoms with van der Waals surface area (Å²) in [6, 6.07) is 1.22. The molecule has 0 spiro atoms. The molecule has 2 heterocycles. The average molecular weight is 239 g/mol. The predicted octanol–water partition coefficient (Wildman–Crippen LogP) is 0.0590. The molecule has 1 aromatic heterocycles. The van der Waals surface area contributed by atoms with Gasteiger partial charge < -0.3 is 15.2 Å². The highest BCUT2D eigenvalue weighted by Gasteiger charge is 2.16. The van der Waals surface area contributed by atoms with Crippen molar-refractivity contribution in [2.75, 3.05) is 18.5 Å². The molecule has 1 aliphatic rings. The molecular weight excluding hydrogens is 226 g/mol. The third kappa shape index (κ3) is 2.82. The summed E-state index contributed by atoms with van der Waals surface area (Å²) >= 11 is 0. The summed E-state index contributed by atoms with van der Waals surface area (Å²) in [6.45, 7) is 1.31. The Morgan fingerprint density at radius 3 is 3.18 bits per heavy atom. The number of nitrogens with one attached hydrogen (secondary N) is 2. The fourth-order valence-corrected chi connectivity index (χ4v) is 1.68. The standard InChI is InChI=1S/C10H13N3O4/c14-9-7(10(15)16)4-8(12-13-9)11-5-6-2-1-3-17-6/h4,6H,1-3,5H2,(H,11,12)(H,13,14)(H,15,16). The number of carboxylic acids is 1. The SMILES string of the molecule is O=C(O)c1cc(NCC2CCCO2)n[nH]c1=O. The molecule has 1 aliphatic heterocycles. The van der Waals surface area contributed by atoms with Gasteiger partial charge in [0.05, 0.1) is 6.10 Å². The molecule has 0 bridgehead atoms. The molecule has 17 heavy (non-hydrogen) atoms. The van der Waals surface area contributed by atoms with Crippen LogP contribution < -0.4 is 10.9 Å². The third-order valence-electron chi connectivity index (χ3n) is 2.57. The molecule has 1 unspecified atom stereocenters. The molecule has 0 aromatic carbocycles. The van der Waals surface area contributed by atoms with Gasteiger partial charge in [0.1, 0.15) is 11.4 Å². The van der Waals surface area contributed by atoms with E-state index in [4.69, 9.17) is 9.84 Å². The van der Waals surface area contributed by atoms with Gasteiger partial charge >= 0.3 is 5.97 Å². The minimum absolute atomic E-state index is 0.122. The Bertz CT molecular complexity index is 465. The molecule has 1 atom stereocenters. The molecule has 0 amide bonds. The number of anilines is 1. The highest BCUT2D eigenvalue weighted by atomic mass is 16.5. The van der Waals surface area contributed by atoms with Crippen molar-refractivity contribution in [3.05, 3.63) is 22.0 Å². The van der Waals surface area contributed by atoms with E-state index in [9.17, 15) is 9.59 Å². The number of carbonyl (C=O) groups is 1. The lowest BCUT2D eigenvalue weighted by molar-refractivity contribution is 0.0694. The lowest BCUT2D eigenvalue weighted by atomic mass is 10.2. The second kappa shape index (κ2) is 4.96. The normalized spacial score (nSPS) is 19.2. The number of aromatic carboxylic acids is 1. The van der Waals surface area contributed by atoms with Gasteiger partial charge in [0.2, 0.25) is 0 Å². The van der Waals surface area contributed by atoms with Gasteiger partial charge in [0, 0.05) is 19.2 Å². The zero-order valence-electron chi connectivity index (χ0n) is 9.10. The number of rotatable bonds is 4. The maximum atomic E-state index is 11.1. The maximum Gasteiger partial charge on any atom is 0.341 e. The van der Waals surface area contributed by atoms with Crippen molar-refractivity contribution in [3.63, 3.8) is 0 Å². The van der Waals surface area contributed by atoms with E-state index in [1.165, 1.54) is 6.07 Å². The Balaban J connectivity index is 2.03. The predicted molar refractivity (Wildman–Crippen MR) is 59.3 cm³/mol. The molecule has 92 valence electrons. The number of aromatic amines is 1. The zero-order chi connectivity index (χ0) is 12.3. The first-order chi connectivity index (χ1) is 8.16. The van der Waals surface area contributed by atoms with Gasteiger partial charge in [-0.2, -0.15) is 5.10 Å². The first kappa shape index (κ1) is 11.6. The molecule has 1 saturated heterocycles. The van der Waals surface area contributed by atoms with Gasteiger partial charge in [0.25, 0.3) is 5.56 Å². The van der Waals surface area contributed by atoms with E-state index in [0.29, 0.717) is 12.4 Å². The lowest BCUT2D eigenvalue weighted by Crippen LogP contribution is -2.23. The van der Waals surface area contributed by atoms with Crippen LogP contribution in [-0.2, 0) is 4.74 Å². The summed E-state index contributed by atoms with van der Waals surface area (Å²) in [6.07, 6.45) is 2.13. The van der Waals surface area contributed by atoms with E-state index in [-0.39, 0.29) is 11.7 Å². The molecule has 7 heteroatoms. The Morgan fingerprint density at radius 1 is 1.71 bits per heavy atom. The fourth-order valence-electron chi connectivity index (χ4n) is 1.68. The van der Waals surface area contributed by atoms with Crippen LogP contribution in [0.4, 0.5) is 5.82 Å². The second-order valence-corrected chi connectivity index (χ2v) is 3.82. The van der Waals surface area contributed by atoms with Crippen molar-refractivity contribution in [2.45, 2.75) is 18.9 Å². The number of carboxylic acid groups (broad SMARTS) is 1. The number of H-pyrrole nitrogens is 1. The first-order valence-electron chi connectivity index (χ1n) is 5.35. The second-order valence-electron chi connectivity index (χ2n) is 3.82. The molecule has 7 nitrogen and oxygen atoms in total. The fraction of sp³-hybridized carbons (Fsp3) is 0.500. The van der Waals surface area contributed by atoms with Crippen molar-refractivity contribution in [1.29, 1.82) is 0 Å². The largest absolute Gasteiger partial charge is 0.477 e. The maximum absolute atomic E-state index is 11.1. The molecule has 3 N–H and O–H groups in total. The van der Waals surface area contributed by atoms with E-state index in [1.54, 1.807) is 0 Å². The number of hydrogen-bond donors (Lipinski definition) is 3. The minimum Gasteiger partial charge on any atom is -0.477 e. The Labute approximate surface area is 96.8 Å². The molecule has 1 fully saturated rings. The van der Waals surface area contributed by atoms with Crippen LogP contribution in [-0.4, -0.2) is 40.5 Å². The number of hydrogen-bond acceptors (Lipinski definition) is 5. The third-order valence-corrected chi connectivity index (χ3v) is 2.57. The molecule has 2 rings (SSSR count). The van der Waals surface area contributed by atoms with Crippen LogP contribution in [0.1, 0.15) is 23.2 Å². The smallest absolute Gasteiger partial charge is 0.341 e. The van der Waals surface area contributed by atoms with Crippen LogP contribution in [0.5, 0.6) is 0 Å². The van der Waals surface area contributed by atoms with E-state index in [0.717, 1.165) is 19.4 Å². The van der Waals surface area contributed by atoms with Crippen LogP contribution in [0.15, 0.2) is 10.9 Å². The quantitative estimate of drug-likeness (QED) is 0.686. The number of ether oxygens (including phenoxy) is 1. The molecule has 0 aliphatic carbocycles. The van der Waals surface area contributed by atoms with Gasteiger partial charge in [-0.1, -0.05) is 0 Å². The minimum atomic E-state index is -1.27. The van der Waals surface area contributed by atoms with Crippen molar-refractivity contribution in [1.82, 2.24) is 10.2 Å². The summed E-state index contributed by atoms with van der Waals surface area (Å²) < 4.78 is 5.40. The van der Waals surface area contributed by atoms with Gasteiger partial charge in [-0.25, -0.2) is 9.89 Å². The first-order valence-corrected chi connectivity index (χ1v) is 5.35. The van der Waals surface area contributed by atoms with E-state index < -0.39 is 11.5 Å². The number of nitrogens with zero attached hydrogens (tertiary/aromatic N) is 1. The molecular formula is C10H13N3O4. The van der Waals surface area contributed by atoms with Crippen LogP contribution in [0.25, 0.3) is 0 Å². The van der Waals surface area contributed by atoms with Crippen LogP contribution in [0.3, 0.4) is 0 Å². The summed E-state index contributed by atoms with van der Waals surface area (Å²) in [5, 5.41) is 17.6. The van der Waals surface area contributed by atoms with Crippen LogP contribution in [0, 0.1) is 0 Å². The number of aromatic nitrogens is 2. The van der Waals surface area contributed by atoms with Crippen LogP contribution >= 0.6 is 0 Å². The van der Waals surface area contributed by atoms with Crippen molar-refractivity contribution in [2.24, 2.45) is 0 Å². The highest BCUT2D eigenvalue weighted by molar-refractivity contribution is 5.87. The molecule has 0 radical (unpaired) electrons. The van der Waals surface area contributed by atoms with Gasteiger partial charge in [-0.15, -0.1) is 0 Å². The van der Waals surface area contributed by atoms with Gasteiger partial charge in [0.15, 0.2) is 0 Å². The van der Waals surface area contributed by atoms with Crippen molar-refractivity contribution in [3.8, 4) is 0 Å². The van der Waals surface area contributed by atoms with Crippen molar-refractivity contribution >= 4 is 11.8 Å². The molecule has 1 aromatic rings. The van der Waals surface area contributed by atoms with Gasteiger partial charge in [-0.3, -0.25) is 4.79 Å². The zero-order valence-corrected chi connectivity index (χ0v) is 9.10. The Morgan fingerprint density at radius 2 is 2.53 bits per heavy atom. The summed E-state index contributed by atoms with van der Waals surface area (Å²) in [5.41, 5.74) is -1.03. The average Bonchev–Trinajstić information content (AvgIpc) is 2.80.